The van der Waals surface area contributed by atoms with Gasteiger partial charge in [0.25, 0.3) is 0 Å². The molecule has 21 heavy (non-hydrogen) atoms. The van der Waals surface area contributed by atoms with Gasteiger partial charge >= 0.3 is 0 Å². The van der Waals surface area contributed by atoms with E-state index in [-0.39, 0.29) is 5.54 Å². The lowest BCUT2D eigenvalue weighted by Crippen LogP contribution is -2.39. The molecule has 1 aliphatic rings. The lowest BCUT2D eigenvalue weighted by atomic mass is 9.69. The first-order valence-electron chi connectivity index (χ1n) is 8.68. The average molecular weight is 308 g/mol. The molecule has 0 aromatic carbocycles. The topological polar surface area (TPSA) is 12.0 Å². The smallest absolute Gasteiger partial charge is 0.00965 e. The Morgan fingerprint density at radius 2 is 1.86 bits per heavy atom. The normalized spacial score (nSPS) is 18.9. The van der Waals surface area contributed by atoms with E-state index in [0.717, 1.165) is 0 Å². The van der Waals surface area contributed by atoms with Crippen molar-refractivity contribution in [3.05, 3.63) is 21.9 Å². The van der Waals surface area contributed by atoms with Crippen molar-refractivity contribution in [2.75, 3.05) is 6.54 Å². The van der Waals surface area contributed by atoms with Crippen molar-refractivity contribution in [3.63, 3.8) is 0 Å². The van der Waals surface area contributed by atoms with E-state index >= 15 is 0 Å². The summed E-state index contributed by atoms with van der Waals surface area (Å²) >= 11 is 1.95. The van der Waals surface area contributed by atoms with Crippen molar-refractivity contribution >= 4 is 11.3 Å². The van der Waals surface area contributed by atoms with Crippen LogP contribution in [-0.2, 0) is 6.42 Å². The van der Waals surface area contributed by atoms with Crippen molar-refractivity contribution in [3.8, 4) is 0 Å². The fourth-order valence-electron chi connectivity index (χ4n) is 3.67. The van der Waals surface area contributed by atoms with Gasteiger partial charge in [-0.2, -0.15) is 0 Å². The summed E-state index contributed by atoms with van der Waals surface area (Å²) in [4.78, 5) is 1.61. The molecule has 0 unspecified atom stereocenters. The quantitative estimate of drug-likeness (QED) is 0.709. The maximum Gasteiger partial charge on any atom is 0.00965 e. The third-order valence-corrected chi connectivity index (χ3v) is 6.16. The molecule has 2 rings (SSSR count). The van der Waals surface area contributed by atoms with Crippen molar-refractivity contribution in [2.45, 2.75) is 84.6 Å². The van der Waals surface area contributed by atoms with Crippen LogP contribution in [0.1, 0.15) is 76.2 Å². The minimum Gasteiger partial charge on any atom is -0.312 e. The van der Waals surface area contributed by atoms with Gasteiger partial charge in [-0.1, -0.05) is 19.3 Å². The maximum absolute atomic E-state index is 3.70. The standard InChI is InChI=1S/C19H33NS/c1-16-9-15-21-17(16)8-12-19(10-6-5-7-11-19)13-14-20-18(2,3)4/h9,15,20H,5-8,10-14H2,1-4H3. The Kier molecular flexibility index (Phi) is 5.90. The first-order chi connectivity index (χ1) is 9.90. The molecule has 0 aliphatic heterocycles. The molecule has 2 heteroatoms. The molecule has 1 N–H and O–H groups in total. The van der Waals surface area contributed by atoms with Gasteiger partial charge in [-0.05, 0) is 88.8 Å². The van der Waals surface area contributed by atoms with Crippen LogP contribution >= 0.6 is 11.3 Å². The lowest BCUT2D eigenvalue weighted by Gasteiger charge is -2.38. The largest absolute Gasteiger partial charge is 0.312 e. The SMILES string of the molecule is Cc1ccsc1CCC1(CCNC(C)(C)C)CCCCC1. The molecule has 1 saturated carbocycles. The predicted molar refractivity (Wildman–Crippen MR) is 95.3 cm³/mol. The van der Waals surface area contributed by atoms with Crippen LogP contribution in [0.3, 0.4) is 0 Å². The average Bonchev–Trinajstić information content (AvgIpc) is 2.82. The Bertz CT molecular complexity index is 421. The van der Waals surface area contributed by atoms with Gasteiger partial charge in [-0.15, -0.1) is 11.3 Å². The summed E-state index contributed by atoms with van der Waals surface area (Å²) in [6.07, 6.45) is 11.3. The molecule has 1 aromatic heterocycles. The number of thiophene rings is 1. The van der Waals surface area contributed by atoms with Crippen molar-refractivity contribution < 1.29 is 0 Å². The highest BCUT2D eigenvalue weighted by molar-refractivity contribution is 7.10. The zero-order valence-electron chi connectivity index (χ0n) is 14.4. The summed E-state index contributed by atoms with van der Waals surface area (Å²) in [5, 5.41) is 5.95. The minimum atomic E-state index is 0.250. The van der Waals surface area contributed by atoms with Crippen molar-refractivity contribution in [2.24, 2.45) is 5.41 Å². The first kappa shape index (κ1) is 17.0. The van der Waals surface area contributed by atoms with E-state index in [1.807, 2.05) is 11.3 Å². The molecule has 0 atom stereocenters. The molecule has 0 bridgehead atoms. The molecule has 1 nitrogen and oxygen atoms in total. The lowest BCUT2D eigenvalue weighted by molar-refractivity contribution is 0.152. The molecular weight excluding hydrogens is 274 g/mol. The maximum atomic E-state index is 3.70. The van der Waals surface area contributed by atoms with E-state index in [2.05, 4.69) is 44.5 Å². The molecule has 1 fully saturated rings. The minimum absolute atomic E-state index is 0.250. The van der Waals surface area contributed by atoms with E-state index in [0.29, 0.717) is 5.41 Å². The first-order valence-corrected chi connectivity index (χ1v) is 9.56. The van der Waals surface area contributed by atoms with Crippen molar-refractivity contribution in [1.82, 2.24) is 5.32 Å². The Labute approximate surface area is 135 Å². The third-order valence-electron chi connectivity index (χ3n) is 5.08. The number of aryl methyl sites for hydroxylation is 2. The fraction of sp³-hybridized carbons (Fsp3) is 0.789. The number of hydrogen-bond acceptors (Lipinski definition) is 2. The highest BCUT2D eigenvalue weighted by Crippen LogP contribution is 2.43. The summed E-state index contributed by atoms with van der Waals surface area (Å²) in [6, 6.07) is 2.27. The van der Waals surface area contributed by atoms with Crippen molar-refractivity contribution in [1.29, 1.82) is 0 Å². The van der Waals surface area contributed by atoms with E-state index in [4.69, 9.17) is 0 Å². The molecule has 0 amide bonds. The van der Waals surface area contributed by atoms with E-state index in [1.165, 1.54) is 63.5 Å². The summed E-state index contributed by atoms with van der Waals surface area (Å²) in [5.41, 5.74) is 2.35. The van der Waals surface area contributed by atoms with Crippen LogP contribution in [0.25, 0.3) is 0 Å². The number of nitrogens with one attached hydrogen (secondary N) is 1. The number of hydrogen-bond donors (Lipinski definition) is 1. The molecule has 1 aliphatic carbocycles. The second-order valence-electron chi connectivity index (χ2n) is 8.01. The zero-order valence-corrected chi connectivity index (χ0v) is 15.2. The van der Waals surface area contributed by atoms with Crippen LogP contribution in [-0.4, -0.2) is 12.1 Å². The molecule has 0 radical (unpaired) electrons. The van der Waals surface area contributed by atoms with Gasteiger partial charge in [0.2, 0.25) is 0 Å². The van der Waals surface area contributed by atoms with Gasteiger partial charge in [-0.25, -0.2) is 0 Å². The van der Waals surface area contributed by atoms with Gasteiger partial charge < -0.3 is 5.32 Å². The van der Waals surface area contributed by atoms with E-state index in [1.54, 1.807) is 4.88 Å². The number of rotatable bonds is 6. The summed E-state index contributed by atoms with van der Waals surface area (Å²) in [7, 11) is 0. The van der Waals surface area contributed by atoms with E-state index < -0.39 is 0 Å². The van der Waals surface area contributed by atoms with Gasteiger partial charge in [0.1, 0.15) is 0 Å². The Balaban J connectivity index is 1.91. The Morgan fingerprint density at radius 3 is 2.43 bits per heavy atom. The summed E-state index contributed by atoms with van der Waals surface area (Å²) in [5.74, 6) is 0. The molecule has 1 heterocycles. The Morgan fingerprint density at radius 1 is 1.14 bits per heavy atom. The predicted octanol–water partition coefficient (Wildman–Crippen LogP) is 5.72. The monoisotopic (exact) mass is 307 g/mol. The van der Waals surface area contributed by atoms with Gasteiger partial charge in [-0.3, -0.25) is 0 Å². The summed E-state index contributed by atoms with van der Waals surface area (Å²) in [6.45, 7) is 10.3. The van der Waals surface area contributed by atoms with E-state index in [9.17, 15) is 0 Å². The van der Waals surface area contributed by atoms with Crippen LogP contribution in [0.5, 0.6) is 0 Å². The van der Waals surface area contributed by atoms with Gasteiger partial charge in [0, 0.05) is 10.4 Å². The third kappa shape index (κ3) is 5.41. The van der Waals surface area contributed by atoms with Crippen LogP contribution in [0.15, 0.2) is 11.4 Å². The van der Waals surface area contributed by atoms with Gasteiger partial charge in [0.05, 0.1) is 0 Å². The highest BCUT2D eigenvalue weighted by Gasteiger charge is 2.31. The molecule has 1 aromatic rings. The summed E-state index contributed by atoms with van der Waals surface area (Å²) < 4.78 is 0. The van der Waals surface area contributed by atoms with Crippen LogP contribution in [0.2, 0.25) is 0 Å². The van der Waals surface area contributed by atoms with Crippen LogP contribution < -0.4 is 5.32 Å². The second kappa shape index (κ2) is 7.28. The second-order valence-corrected chi connectivity index (χ2v) is 9.01. The fourth-order valence-corrected chi connectivity index (χ4v) is 4.58. The zero-order chi connectivity index (χ0) is 15.3. The van der Waals surface area contributed by atoms with Crippen LogP contribution in [0.4, 0.5) is 0 Å². The van der Waals surface area contributed by atoms with Crippen LogP contribution in [0, 0.1) is 12.3 Å². The highest BCUT2D eigenvalue weighted by atomic mass is 32.1. The van der Waals surface area contributed by atoms with Gasteiger partial charge in [0.15, 0.2) is 0 Å². The molecule has 120 valence electrons. The molecular formula is C19H33NS. The molecule has 0 spiro atoms. The Hall–Kier alpha value is -0.340. The molecule has 0 saturated heterocycles.